The van der Waals surface area contributed by atoms with Gasteiger partial charge < -0.3 is 20.1 Å². The van der Waals surface area contributed by atoms with Crippen LogP contribution in [0.25, 0.3) is 0 Å². The van der Waals surface area contributed by atoms with E-state index in [-0.39, 0.29) is 30.0 Å². The number of aliphatic hydroxyl groups is 1. The predicted octanol–water partition coefficient (Wildman–Crippen LogP) is 2.53. The lowest BCUT2D eigenvalue weighted by Crippen LogP contribution is -2.59. The fourth-order valence-electron chi connectivity index (χ4n) is 4.66. The van der Waals surface area contributed by atoms with Crippen LogP contribution in [-0.4, -0.2) is 66.4 Å². The summed E-state index contributed by atoms with van der Waals surface area (Å²) in [6, 6.07) is 19.7. The molecule has 1 aliphatic carbocycles. The van der Waals surface area contributed by atoms with Crippen LogP contribution in [0.5, 0.6) is 5.75 Å². The topological polar surface area (TPSA) is 65.0 Å². The number of ether oxygens (including phenoxy) is 1. The molecule has 1 amide bonds. The Morgan fingerprint density at radius 2 is 1.61 bits per heavy atom. The molecule has 2 N–H and O–H groups in total. The van der Waals surface area contributed by atoms with E-state index in [1.54, 1.807) is 0 Å². The van der Waals surface area contributed by atoms with Crippen LogP contribution in [0.1, 0.15) is 20.3 Å². The van der Waals surface area contributed by atoms with Crippen molar-refractivity contribution in [2.24, 2.45) is 5.92 Å². The Hall–Kier alpha value is -2.57. The Morgan fingerprint density at radius 3 is 2.23 bits per heavy atom. The van der Waals surface area contributed by atoms with Crippen molar-refractivity contribution in [3.8, 4) is 5.75 Å². The van der Waals surface area contributed by atoms with Crippen molar-refractivity contribution in [2.75, 3.05) is 31.1 Å². The molecule has 1 saturated heterocycles. The standard InChI is InChI=1S/C25H33N3O3/c1-18(2)25(30)26-21-17-22(31-20-11-7-4-8-12-20)24(29)23(21)28-15-13-27(14-16-28)19-9-5-3-6-10-19/h3-12,18,21-24,29H,13-17H2,1-2H3,(H,26,30)/t21-,22-,23+,24+/m1/s1. The van der Waals surface area contributed by atoms with Gasteiger partial charge >= 0.3 is 0 Å². The van der Waals surface area contributed by atoms with Gasteiger partial charge in [-0.15, -0.1) is 0 Å². The van der Waals surface area contributed by atoms with Gasteiger partial charge in [0.15, 0.2) is 0 Å². The number of para-hydroxylation sites is 2. The molecule has 0 bridgehead atoms. The summed E-state index contributed by atoms with van der Waals surface area (Å²) in [6.07, 6.45) is -0.420. The molecule has 1 heterocycles. The van der Waals surface area contributed by atoms with Gasteiger partial charge in [-0.1, -0.05) is 50.2 Å². The Morgan fingerprint density at radius 1 is 1.00 bits per heavy atom. The van der Waals surface area contributed by atoms with Crippen molar-refractivity contribution in [1.29, 1.82) is 0 Å². The average molecular weight is 424 g/mol. The van der Waals surface area contributed by atoms with Crippen LogP contribution in [0, 0.1) is 5.92 Å². The van der Waals surface area contributed by atoms with E-state index < -0.39 is 6.10 Å². The third-order valence-electron chi connectivity index (χ3n) is 6.37. The lowest BCUT2D eigenvalue weighted by Gasteiger charge is -2.42. The zero-order chi connectivity index (χ0) is 21.8. The summed E-state index contributed by atoms with van der Waals surface area (Å²) < 4.78 is 6.13. The van der Waals surface area contributed by atoms with Crippen molar-refractivity contribution in [2.45, 2.75) is 44.6 Å². The number of nitrogens with one attached hydrogen (secondary N) is 1. The van der Waals surface area contributed by atoms with Crippen LogP contribution < -0.4 is 15.0 Å². The van der Waals surface area contributed by atoms with Gasteiger partial charge in [0.2, 0.25) is 5.91 Å². The van der Waals surface area contributed by atoms with Crippen molar-refractivity contribution < 1.29 is 14.6 Å². The Kier molecular flexibility index (Phi) is 6.78. The summed E-state index contributed by atoms with van der Waals surface area (Å²) in [5.74, 6) is 0.669. The number of anilines is 1. The first-order valence-electron chi connectivity index (χ1n) is 11.3. The number of piperazine rings is 1. The summed E-state index contributed by atoms with van der Waals surface area (Å²) in [5.41, 5.74) is 1.23. The maximum Gasteiger partial charge on any atom is 0.222 e. The van der Waals surface area contributed by atoms with Gasteiger partial charge in [-0.3, -0.25) is 9.69 Å². The van der Waals surface area contributed by atoms with Crippen molar-refractivity contribution in [3.63, 3.8) is 0 Å². The highest BCUT2D eigenvalue weighted by Crippen LogP contribution is 2.31. The Labute approximate surface area is 184 Å². The molecule has 166 valence electrons. The third kappa shape index (κ3) is 5.02. The van der Waals surface area contributed by atoms with Crippen LogP contribution >= 0.6 is 0 Å². The number of carbonyl (C=O) groups is 1. The quantitative estimate of drug-likeness (QED) is 0.748. The first-order chi connectivity index (χ1) is 15.0. The van der Waals surface area contributed by atoms with Crippen molar-refractivity contribution in [1.82, 2.24) is 10.2 Å². The van der Waals surface area contributed by atoms with Crippen LogP contribution in [0.15, 0.2) is 60.7 Å². The van der Waals surface area contributed by atoms with Gasteiger partial charge in [0, 0.05) is 44.2 Å². The van der Waals surface area contributed by atoms with Crippen LogP contribution in [-0.2, 0) is 4.79 Å². The van der Waals surface area contributed by atoms with Crippen LogP contribution in [0.3, 0.4) is 0 Å². The van der Waals surface area contributed by atoms with Gasteiger partial charge in [0.05, 0.1) is 12.1 Å². The van der Waals surface area contributed by atoms with Crippen LogP contribution in [0.4, 0.5) is 5.69 Å². The highest BCUT2D eigenvalue weighted by Gasteiger charge is 2.48. The first-order valence-corrected chi connectivity index (χ1v) is 11.3. The Balaban J connectivity index is 1.46. The SMILES string of the molecule is CC(C)C(=O)N[C@@H]1C[C@@H](Oc2ccccc2)[C@H](O)[C@H]1N1CCN(c2ccccc2)CC1. The van der Waals surface area contributed by atoms with Gasteiger partial charge in [-0.05, 0) is 24.3 Å². The molecule has 2 fully saturated rings. The number of nitrogens with zero attached hydrogens (tertiary/aromatic N) is 2. The third-order valence-corrected chi connectivity index (χ3v) is 6.37. The predicted molar refractivity (Wildman–Crippen MR) is 122 cm³/mol. The molecule has 1 saturated carbocycles. The molecule has 2 aliphatic rings. The van der Waals surface area contributed by atoms with E-state index in [0.29, 0.717) is 6.42 Å². The average Bonchev–Trinajstić information content (AvgIpc) is 3.09. The fourth-order valence-corrected chi connectivity index (χ4v) is 4.66. The summed E-state index contributed by atoms with van der Waals surface area (Å²) >= 11 is 0. The molecule has 2 aromatic rings. The molecule has 6 nitrogen and oxygen atoms in total. The van der Waals surface area contributed by atoms with Gasteiger partial charge in [0.1, 0.15) is 18.0 Å². The molecule has 0 unspecified atom stereocenters. The second-order valence-electron chi connectivity index (χ2n) is 8.81. The fraction of sp³-hybridized carbons (Fsp3) is 0.480. The lowest BCUT2D eigenvalue weighted by atomic mass is 10.1. The first kappa shape index (κ1) is 21.7. The zero-order valence-electron chi connectivity index (χ0n) is 18.4. The number of hydrogen-bond donors (Lipinski definition) is 2. The summed E-state index contributed by atoms with van der Waals surface area (Å²) in [6.45, 7) is 7.24. The molecule has 4 atom stereocenters. The highest BCUT2D eigenvalue weighted by atomic mass is 16.5. The number of benzene rings is 2. The molecule has 0 radical (unpaired) electrons. The maximum atomic E-state index is 12.5. The minimum Gasteiger partial charge on any atom is -0.488 e. The molecule has 4 rings (SSSR count). The van der Waals surface area contributed by atoms with E-state index in [4.69, 9.17) is 4.74 Å². The van der Waals surface area contributed by atoms with Gasteiger partial charge in [0.25, 0.3) is 0 Å². The number of rotatable bonds is 6. The molecular weight excluding hydrogens is 390 g/mol. The molecular formula is C25H33N3O3. The van der Waals surface area contributed by atoms with Crippen molar-refractivity contribution >= 4 is 11.6 Å². The maximum absolute atomic E-state index is 12.5. The van der Waals surface area contributed by atoms with Gasteiger partial charge in [-0.2, -0.15) is 0 Å². The molecule has 31 heavy (non-hydrogen) atoms. The van der Waals surface area contributed by atoms with E-state index in [2.05, 4.69) is 39.4 Å². The van der Waals surface area contributed by atoms with E-state index in [1.165, 1.54) is 5.69 Å². The molecule has 1 aliphatic heterocycles. The van der Waals surface area contributed by atoms with Crippen molar-refractivity contribution in [3.05, 3.63) is 60.7 Å². The van der Waals surface area contributed by atoms with E-state index in [9.17, 15) is 9.90 Å². The minimum absolute atomic E-state index is 0.0190. The van der Waals surface area contributed by atoms with E-state index >= 15 is 0 Å². The van der Waals surface area contributed by atoms with Crippen LogP contribution in [0.2, 0.25) is 0 Å². The second-order valence-corrected chi connectivity index (χ2v) is 8.81. The molecule has 0 spiro atoms. The summed E-state index contributed by atoms with van der Waals surface area (Å²) in [4.78, 5) is 17.2. The molecule has 6 heteroatoms. The normalized spacial score (nSPS) is 26.8. The Bertz CT molecular complexity index is 838. The largest absolute Gasteiger partial charge is 0.488 e. The number of hydrogen-bond acceptors (Lipinski definition) is 5. The molecule has 2 aromatic carbocycles. The minimum atomic E-state index is -0.666. The second kappa shape index (κ2) is 9.71. The summed E-state index contributed by atoms with van der Waals surface area (Å²) in [7, 11) is 0. The van der Waals surface area contributed by atoms with E-state index in [1.807, 2.05) is 50.2 Å². The zero-order valence-corrected chi connectivity index (χ0v) is 18.4. The number of carbonyl (C=O) groups excluding carboxylic acids is 1. The number of aliphatic hydroxyl groups excluding tert-OH is 1. The van der Waals surface area contributed by atoms with E-state index in [0.717, 1.165) is 31.9 Å². The smallest absolute Gasteiger partial charge is 0.222 e. The summed E-state index contributed by atoms with van der Waals surface area (Å²) in [5, 5.41) is 14.4. The lowest BCUT2D eigenvalue weighted by molar-refractivity contribution is -0.125. The van der Waals surface area contributed by atoms with Gasteiger partial charge in [-0.25, -0.2) is 0 Å². The monoisotopic (exact) mass is 423 g/mol. The highest BCUT2D eigenvalue weighted by molar-refractivity contribution is 5.78. The molecule has 0 aromatic heterocycles. The number of amides is 1.